The summed E-state index contributed by atoms with van der Waals surface area (Å²) >= 11 is 0. The Kier molecular flexibility index (Phi) is 3.00. The van der Waals surface area contributed by atoms with E-state index in [4.69, 9.17) is 5.11 Å². The first-order valence-electron chi connectivity index (χ1n) is 4.99. The van der Waals surface area contributed by atoms with Gasteiger partial charge in [0, 0.05) is 11.6 Å². The number of aromatic nitrogens is 1. The molecule has 1 heterocycles. The Morgan fingerprint density at radius 3 is 2.94 bits per heavy atom. The lowest BCUT2D eigenvalue weighted by atomic mass is 10.0. The fraction of sp³-hybridized carbons (Fsp3) is 0.0833. The van der Waals surface area contributed by atoms with E-state index in [9.17, 15) is 9.59 Å². The predicted octanol–water partition coefficient (Wildman–Crippen LogP) is 1.11. The number of nitrogens with zero attached hydrogens (tertiary/aromatic N) is 1. The van der Waals surface area contributed by atoms with E-state index in [-0.39, 0.29) is 0 Å². The molecule has 1 unspecified atom stereocenters. The van der Waals surface area contributed by atoms with E-state index in [0.29, 0.717) is 12.0 Å². The number of aliphatic carboxylic acids is 1. The summed E-state index contributed by atoms with van der Waals surface area (Å²) < 4.78 is 0. The summed E-state index contributed by atoms with van der Waals surface area (Å²) in [5, 5.41) is 12.1. The van der Waals surface area contributed by atoms with E-state index in [2.05, 4.69) is 10.3 Å². The largest absolute Gasteiger partial charge is 0.479 e. The minimum Gasteiger partial charge on any atom is -0.479 e. The van der Waals surface area contributed by atoms with E-state index >= 15 is 0 Å². The van der Waals surface area contributed by atoms with Crippen molar-refractivity contribution in [3.8, 4) is 0 Å². The second-order valence-corrected chi connectivity index (χ2v) is 3.51. The van der Waals surface area contributed by atoms with Crippen molar-refractivity contribution in [2.75, 3.05) is 0 Å². The molecule has 0 fully saturated rings. The van der Waals surface area contributed by atoms with Crippen LogP contribution in [0.2, 0.25) is 0 Å². The summed E-state index contributed by atoms with van der Waals surface area (Å²) in [7, 11) is 0. The van der Waals surface area contributed by atoms with Gasteiger partial charge >= 0.3 is 5.97 Å². The molecule has 0 aliphatic carbocycles. The molecule has 2 N–H and O–H groups in total. The molecule has 0 spiro atoms. The van der Waals surface area contributed by atoms with Gasteiger partial charge in [0.25, 0.3) is 0 Å². The zero-order valence-corrected chi connectivity index (χ0v) is 8.83. The van der Waals surface area contributed by atoms with Gasteiger partial charge < -0.3 is 10.4 Å². The highest BCUT2D eigenvalue weighted by atomic mass is 16.4. The van der Waals surface area contributed by atoms with Gasteiger partial charge in [0.1, 0.15) is 0 Å². The topological polar surface area (TPSA) is 79.3 Å². The van der Waals surface area contributed by atoms with Crippen LogP contribution in [-0.2, 0) is 9.59 Å². The van der Waals surface area contributed by atoms with Crippen molar-refractivity contribution >= 4 is 23.3 Å². The number of carbonyl (C=O) groups excluding carboxylic acids is 1. The molecule has 0 bridgehead atoms. The van der Waals surface area contributed by atoms with Gasteiger partial charge in [-0.05, 0) is 23.8 Å². The molecule has 0 saturated carbocycles. The Morgan fingerprint density at radius 1 is 1.41 bits per heavy atom. The first-order chi connectivity index (χ1) is 8.22. The summed E-state index contributed by atoms with van der Waals surface area (Å²) in [6.45, 7) is 0. The highest BCUT2D eigenvalue weighted by Gasteiger charge is 2.18. The quantitative estimate of drug-likeness (QED) is 0.771. The average molecular weight is 230 g/mol. The van der Waals surface area contributed by atoms with Gasteiger partial charge in [0.2, 0.25) is 6.41 Å². The monoisotopic (exact) mass is 230 g/mol. The molecule has 2 aromatic rings. The van der Waals surface area contributed by atoms with Gasteiger partial charge in [-0.25, -0.2) is 4.79 Å². The second-order valence-electron chi connectivity index (χ2n) is 3.51. The SMILES string of the molecule is O=CNC(C(=O)O)c1ccc2ncccc2c1. The van der Waals surface area contributed by atoms with E-state index in [1.54, 1.807) is 30.5 Å². The second kappa shape index (κ2) is 4.61. The summed E-state index contributed by atoms with van der Waals surface area (Å²) in [5.41, 5.74) is 1.30. The maximum absolute atomic E-state index is 11.0. The fourth-order valence-corrected chi connectivity index (χ4v) is 1.65. The maximum Gasteiger partial charge on any atom is 0.330 e. The molecule has 17 heavy (non-hydrogen) atoms. The maximum atomic E-state index is 11.0. The number of amides is 1. The molecule has 86 valence electrons. The molecule has 1 atom stereocenters. The molecule has 1 aromatic heterocycles. The van der Waals surface area contributed by atoms with E-state index < -0.39 is 12.0 Å². The third-order valence-corrected chi connectivity index (χ3v) is 2.44. The van der Waals surface area contributed by atoms with E-state index in [1.165, 1.54) is 0 Å². The molecule has 5 heteroatoms. The standard InChI is InChI=1S/C12H10N2O3/c15-7-14-11(12(16)17)9-3-4-10-8(6-9)2-1-5-13-10/h1-7,11H,(H,14,15)(H,16,17). The Labute approximate surface area is 97.1 Å². The van der Waals surface area contributed by atoms with Crippen LogP contribution in [0.3, 0.4) is 0 Å². The van der Waals surface area contributed by atoms with Crippen LogP contribution in [0.25, 0.3) is 10.9 Å². The van der Waals surface area contributed by atoms with Crippen molar-refractivity contribution in [2.45, 2.75) is 6.04 Å². The van der Waals surface area contributed by atoms with Crippen molar-refractivity contribution in [1.29, 1.82) is 0 Å². The third-order valence-electron chi connectivity index (χ3n) is 2.44. The summed E-state index contributed by atoms with van der Waals surface area (Å²) in [6.07, 6.45) is 2.05. The number of carboxylic acids is 1. The highest BCUT2D eigenvalue weighted by molar-refractivity contribution is 5.83. The third kappa shape index (κ3) is 2.23. The van der Waals surface area contributed by atoms with Crippen molar-refractivity contribution in [3.63, 3.8) is 0 Å². The minimum atomic E-state index is -1.10. The van der Waals surface area contributed by atoms with Crippen LogP contribution in [0.15, 0.2) is 36.5 Å². The van der Waals surface area contributed by atoms with Crippen LogP contribution in [0.5, 0.6) is 0 Å². The van der Waals surface area contributed by atoms with Crippen LogP contribution in [-0.4, -0.2) is 22.5 Å². The van der Waals surface area contributed by atoms with Crippen LogP contribution in [0.1, 0.15) is 11.6 Å². The summed E-state index contributed by atoms with van der Waals surface area (Å²) in [4.78, 5) is 25.5. The number of fused-ring (bicyclic) bond motifs is 1. The average Bonchev–Trinajstić information content (AvgIpc) is 2.35. The van der Waals surface area contributed by atoms with Gasteiger partial charge in [-0.15, -0.1) is 0 Å². The molecule has 5 nitrogen and oxygen atoms in total. The molecule has 0 radical (unpaired) electrons. The number of pyridine rings is 1. The molecule has 1 amide bonds. The molecule has 0 aliphatic heterocycles. The Hall–Kier alpha value is -2.43. The van der Waals surface area contributed by atoms with Crippen molar-refractivity contribution in [2.24, 2.45) is 0 Å². The van der Waals surface area contributed by atoms with Gasteiger partial charge in [0.15, 0.2) is 6.04 Å². The first-order valence-corrected chi connectivity index (χ1v) is 4.99. The Balaban J connectivity index is 2.46. The Morgan fingerprint density at radius 2 is 2.24 bits per heavy atom. The van der Waals surface area contributed by atoms with Crippen molar-refractivity contribution in [1.82, 2.24) is 10.3 Å². The molecule has 2 rings (SSSR count). The lowest BCUT2D eigenvalue weighted by Crippen LogP contribution is -2.27. The van der Waals surface area contributed by atoms with E-state index in [0.717, 1.165) is 10.9 Å². The zero-order valence-electron chi connectivity index (χ0n) is 8.83. The fourth-order valence-electron chi connectivity index (χ4n) is 1.65. The van der Waals surface area contributed by atoms with Crippen LogP contribution < -0.4 is 5.32 Å². The van der Waals surface area contributed by atoms with Crippen molar-refractivity contribution in [3.05, 3.63) is 42.1 Å². The predicted molar refractivity (Wildman–Crippen MR) is 61.3 cm³/mol. The van der Waals surface area contributed by atoms with Gasteiger partial charge in [-0.1, -0.05) is 12.1 Å². The van der Waals surface area contributed by atoms with E-state index in [1.807, 2.05) is 6.07 Å². The molecule has 0 aliphatic rings. The number of nitrogens with one attached hydrogen (secondary N) is 1. The molecule has 0 saturated heterocycles. The number of hydrogen-bond donors (Lipinski definition) is 2. The number of rotatable bonds is 4. The minimum absolute atomic E-state index is 0.381. The zero-order chi connectivity index (χ0) is 12.3. The van der Waals surface area contributed by atoms with Crippen LogP contribution in [0.4, 0.5) is 0 Å². The van der Waals surface area contributed by atoms with Gasteiger partial charge in [-0.2, -0.15) is 0 Å². The number of benzene rings is 1. The normalized spacial score (nSPS) is 12.0. The number of carbonyl (C=O) groups is 2. The lowest BCUT2D eigenvalue weighted by molar-refractivity contribution is -0.140. The van der Waals surface area contributed by atoms with Gasteiger partial charge in [0.05, 0.1) is 5.52 Å². The molecule has 1 aromatic carbocycles. The lowest BCUT2D eigenvalue weighted by Gasteiger charge is -2.11. The van der Waals surface area contributed by atoms with Crippen LogP contribution >= 0.6 is 0 Å². The first kappa shape index (κ1) is 11.1. The van der Waals surface area contributed by atoms with Gasteiger partial charge in [-0.3, -0.25) is 9.78 Å². The molecular formula is C12H10N2O3. The number of carboxylic acid groups (broad SMARTS) is 1. The summed E-state index contributed by atoms with van der Waals surface area (Å²) in [5.74, 6) is -1.10. The molecular weight excluding hydrogens is 220 g/mol. The highest BCUT2D eigenvalue weighted by Crippen LogP contribution is 2.19. The van der Waals surface area contributed by atoms with Crippen LogP contribution in [0, 0.1) is 0 Å². The Bertz CT molecular complexity index is 568. The smallest absolute Gasteiger partial charge is 0.330 e. The summed E-state index contributed by atoms with van der Waals surface area (Å²) in [6, 6.07) is 7.66. The van der Waals surface area contributed by atoms with Crippen molar-refractivity contribution < 1.29 is 14.7 Å². The number of hydrogen-bond acceptors (Lipinski definition) is 3.